The summed E-state index contributed by atoms with van der Waals surface area (Å²) >= 11 is 0. The van der Waals surface area contributed by atoms with E-state index in [1.54, 1.807) is 16.4 Å². The van der Waals surface area contributed by atoms with Gasteiger partial charge in [-0.15, -0.1) is 0 Å². The fourth-order valence-electron chi connectivity index (χ4n) is 2.56. The third-order valence-electron chi connectivity index (χ3n) is 3.74. The molecule has 0 radical (unpaired) electrons. The Bertz CT molecular complexity index is 524. The van der Waals surface area contributed by atoms with Crippen LogP contribution in [0.2, 0.25) is 0 Å². The van der Waals surface area contributed by atoms with Crippen LogP contribution in [0.15, 0.2) is 29.2 Å². The number of rotatable bonds is 2. The van der Waals surface area contributed by atoms with Crippen LogP contribution in [0.25, 0.3) is 0 Å². The average molecular weight is 267 g/mol. The van der Waals surface area contributed by atoms with Crippen LogP contribution in [-0.4, -0.2) is 25.3 Å². The van der Waals surface area contributed by atoms with Gasteiger partial charge in [-0.25, -0.2) is 8.42 Å². The first-order valence-electron chi connectivity index (χ1n) is 6.50. The van der Waals surface area contributed by atoms with Crippen LogP contribution in [0.1, 0.15) is 32.3 Å². The molecule has 0 spiro atoms. The molecule has 4 heteroatoms. The van der Waals surface area contributed by atoms with Gasteiger partial charge in [0.25, 0.3) is 0 Å². The van der Waals surface area contributed by atoms with Gasteiger partial charge in [0.15, 0.2) is 0 Å². The lowest BCUT2D eigenvalue weighted by atomic mass is 9.97. The fourth-order valence-corrected chi connectivity index (χ4v) is 4.56. The molecule has 2 atom stereocenters. The van der Waals surface area contributed by atoms with Crippen LogP contribution in [-0.2, 0) is 10.0 Å². The van der Waals surface area contributed by atoms with Gasteiger partial charge in [0.05, 0.1) is 4.90 Å². The van der Waals surface area contributed by atoms with Crippen molar-refractivity contribution in [3.05, 3.63) is 29.8 Å². The molecule has 2 rings (SSSR count). The van der Waals surface area contributed by atoms with E-state index in [2.05, 4.69) is 6.92 Å². The number of piperidine rings is 1. The zero-order chi connectivity index (χ0) is 13.3. The third-order valence-corrected chi connectivity index (χ3v) is 5.88. The van der Waals surface area contributed by atoms with E-state index >= 15 is 0 Å². The van der Waals surface area contributed by atoms with Gasteiger partial charge in [-0.3, -0.25) is 0 Å². The molecule has 3 nitrogen and oxygen atoms in total. The summed E-state index contributed by atoms with van der Waals surface area (Å²) in [5, 5.41) is 0. The normalized spacial score (nSPS) is 26.2. The van der Waals surface area contributed by atoms with Crippen LogP contribution >= 0.6 is 0 Å². The highest BCUT2D eigenvalue weighted by atomic mass is 32.2. The lowest BCUT2D eigenvalue weighted by molar-refractivity contribution is 0.218. The molecule has 0 bridgehead atoms. The molecule has 0 aliphatic carbocycles. The van der Waals surface area contributed by atoms with Crippen molar-refractivity contribution in [1.82, 2.24) is 4.31 Å². The van der Waals surface area contributed by atoms with Gasteiger partial charge in [0.2, 0.25) is 10.0 Å². The number of nitrogens with zero attached hydrogens (tertiary/aromatic N) is 1. The van der Waals surface area contributed by atoms with Crippen LogP contribution in [0, 0.1) is 12.8 Å². The van der Waals surface area contributed by atoms with E-state index in [-0.39, 0.29) is 6.04 Å². The summed E-state index contributed by atoms with van der Waals surface area (Å²) in [7, 11) is -3.34. The second-order valence-electron chi connectivity index (χ2n) is 5.37. The summed E-state index contributed by atoms with van der Waals surface area (Å²) in [4.78, 5) is 0.450. The minimum absolute atomic E-state index is 0.103. The van der Waals surface area contributed by atoms with Crippen LogP contribution in [0.3, 0.4) is 0 Å². The van der Waals surface area contributed by atoms with Crippen molar-refractivity contribution in [2.24, 2.45) is 5.92 Å². The van der Waals surface area contributed by atoms with E-state index in [9.17, 15) is 8.42 Å². The first kappa shape index (κ1) is 13.6. The summed E-state index contributed by atoms with van der Waals surface area (Å²) in [6.45, 7) is 6.61. The van der Waals surface area contributed by atoms with Gasteiger partial charge in [-0.05, 0) is 44.2 Å². The monoisotopic (exact) mass is 267 g/mol. The fraction of sp³-hybridized carbons (Fsp3) is 0.571. The molecular weight excluding hydrogens is 246 g/mol. The predicted molar refractivity (Wildman–Crippen MR) is 72.9 cm³/mol. The van der Waals surface area contributed by atoms with Gasteiger partial charge in [-0.1, -0.05) is 25.1 Å². The van der Waals surface area contributed by atoms with Crippen molar-refractivity contribution in [2.75, 3.05) is 6.54 Å². The summed E-state index contributed by atoms with van der Waals surface area (Å²) in [5.74, 6) is 0.444. The number of hydrogen-bond acceptors (Lipinski definition) is 2. The van der Waals surface area contributed by atoms with E-state index in [0.717, 1.165) is 18.4 Å². The molecule has 0 amide bonds. The molecule has 1 fully saturated rings. The van der Waals surface area contributed by atoms with Crippen LogP contribution in [0.4, 0.5) is 0 Å². The lowest BCUT2D eigenvalue weighted by Crippen LogP contribution is -2.44. The second kappa shape index (κ2) is 5.02. The minimum Gasteiger partial charge on any atom is -0.207 e. The average Bonchev–Trinajstić information content (AvgIpc) is 2.32. The highest BCUT2D eigenvalue weighted by molar-refractivity contribution is 7.89. The van der Waals surface area contributed by atoms with Gasteiger partial charge in [0.1, 0.15) is 0 Å². The number of benzene rings is 1. The lowest BCUT2D eigenvalue weighted by Gasteiger charge is -2.35. The summed E-state index contributed by atoms with van der Waals surface area (Å²) < 4.78 is 27.1. The zero-order valence-electron chi connectivity index (χ0n) is 11.3. The summed E-state index contributed by atoms with van der Waals surface area (Å²) in [6, 6.07) is 7.32. The molecule has 0 saturated carbocycles. The molecule has 0 aromatic heterocycles. The van der Waals surface area contributed by atoms with E-state index < -0.39 is 10.0 Å². The zero-order valence-corrected chi connectivity index (χ0v) is 12.1. The SMILES string of the molecule is Cc1ccccc1S(=O)(=O)N1CC(C)CCC1C. The van der Waals surface area contributed by atoms with Crippen molar-refractivity contribution in [1.29, 1.82) is 0 Å². The largest absolute Gasteiger partial charge is 0.243 e. The van der Waals surface area contributed by atoms with Crippen molar-refractivity contribution in [3.8, 4) is 0 Å². The molecule has 1 heterocycles. The molecule has 1 aliphatic heterocycles. The number of sulfonamides is 1. The van der Waals surface area contributed by atoms with Gasteiger partial charge >= 0.3 is 0 Å². The Kier molecular flexibility index (Phi) is 3.78. The Morgan fingerprint density at radius 3 is 2.50 bits per heavy atom. The maximum Gasteiger partial charge on any atom is 0.243 e. The van der Waals surface area contributed by atoms with Crippen LogP contribution < -0.4 is 0 Å². The first-order valence-corrected chi connectivity index (χ1v) is 7.94. The summed E-state index contributed by atoms with van der Waals surface area (Å²) in [5.41, 5.74) is 0.822. The van der Waals surface area contributed by atoms with Crippen molar-refractivity contribution in [3.63, 3.8) is 0 Å². The van der Waals surface area contributed by atoms with E-state index in [4.69, 9.17) is 0 Å². The van der Waals surface area contributed by atoms with Gasteiger partial charge < -0.3 is 0 Å². The number of hydrogen-bond donors (Lipinski definition) is 0. The van der Waals surface area contributed by atoms with Crippen molar-refractivity contribution in [2.45, 2.75) is 44.6 Å². The summed E-state index contributed by atoms with van der Waals surface area (Å²) in [6.07, 6.45) is 2.06. The van der Waals surface area contributed by atoms with E-state index in [1.165, 1.54) is 0 Å². The van der Waals surface area contributed by atoms with Crippen LogP contribution in [0.5, 0.6) is 0 Å². The quantitative estimate of drug-likeness (QED) is 0.826. The third kappa shape index (κ3) is 2.45. The Morgan fingerprint density at radius 2 is 1.83 bits per heavy atom. The van der Waals surface area contributed by atoms with E-state index in [0.29, 0.717) is 17.4 Å². The van der Waals surface area contributed by atoms with Crippen molar-refractivity contribution >= 4 is 10.0 Å². The molecule has 2 unspecified atom stereocenters. The molecule has 1 aliphatic rings. The highest BCUT2D eigenvalue weighted by Gasteiger charge is 2.33. The second-order valence-corrected chi connectivity index (χ2v) is 7.23. The molecule has 1 saturated heterocycles. The Morgan fingerprint density at radius 1 is 1.17 bits per heavy atom. The Labute approximate surface area is 110 Å². The topological polar surface area (TPSA) is 37.4 Å². The predicted octanol–water partition coefficient (Wildman–Crippen LogP) is 2.80. The molecule has 1 aromatic carbocycles. The Balaban J connectivity index is 2.39. The maximum atomic E-state index is 12.7. The molecular formula is C14H21NO2S. The standard InChI is InChI=1S/C14H21NO2S/c1-11-8-9-13(3)15(10-11)18(16,17)14-7-5-4-6-12(14)2/h4-7,11,13H,8-10H2,1-3H3. The molecule has 18 heavy (non-hydrogen) atoms. The molecule has 1 aromatic rings. The minimum atomic E-state index is -3.34. The van der Waals surface area contributed by atoms with E-state index in [1.807, 2.05) is 26.0 Å². The van der Waals surface area contributed by atoms with Crippen molar-refractivity contribution < 1.29 is 8.42 Å². The number of aryl methyl sites for hydroxylation is 1. The molecule has 100 valence electrons. The Hall–Kier alpha value is -0.870. The molecule has 0 N–H and O–H groups in total. The highest BCUT2D eigenvalue weighted by Crippen LogP contribution is 2.28. The first-order chi connectivity index (χ1) is 8.43. The smallest absolute Gasteiger partial charge is 0.207 e. The van der Waals surface area contributed by atoms with Gasteiger partial charge in [-0.2, -0.15) is 4.31 Å². The maximum absolute atomic E-state index is 12.7. The van der Waals surface area contributed by atoms with Gasteiger partial charge in [0, 0.05) is 12.6 Å².